The Kier molecular flexibility index (Phi) is 5.82. The lowest BCUT2D eigenvalue weighted by Crippen LogP contribution is -2.39. The van der Waals surface area contributed by atoms with Crippen LogP contribution in [0.25, 0.3) is 10.9 Å². The molecule has 0 spiro atoms. The topological polar surface area (TPSA) is 57.4 Å². The first-order chi connectivity index (χ1) is 11.7. The van der Waals surface area contributed by atoms with Gasteiger partial charge in [0.25, 0.3) is 0 Å². The molecule has 0 amide bonds. The van der Waals surface area contributed by atoms with E-state index in [-0.39, 0.29) is 12.6 Å². The summed E-state index contributed by atoms with van der Waals surface area (Å²) in [7, 11) is 0. The Morgan fingerprint density at radius 3 is 2.83 bits per heavy atom. The van der Waals surface area contributed by atoms with Crippen molar-refractivity contribution in [2.75, 3.05) is 13.2 Å². The van der Waals surface area contributed by atoms with Crippen molar-refractivity contribution in [3.63, 3.8) is 0 Å². The monoisotopic (exact) mass is 350 g/mol. The number of nitrogens with one attached hydrogen (secondary N) is 1. The van der Waals surface area contributed by atoms with Gasteiger partial charge in [0.05, 0.1) is 29.8 Å². The van der Waals surface area contributed by atoms with E-state index in [2.05, 4.69) is 16.0 Å². The van der Waals surface area contributed by atoms with Crippen molar-refractivity contribution in [1.82, 2.24) is 9.88 Å². The maximum absolute atomic E-state index is 10.5. The Labute approximate surface area is 148 Å². The third-order valence-electron chi connectivity index (χ3n) is 5.10. The van der Waals surface area contributed by atoms with E-state index in [1.54, 1.807) is 0 Å². The molecule has 2 aromatic rings. The predicted octanol–water partition coefficient (Wildman–Crippen LogP) is 2.89. The number of nitrogens with zero attached hydrogens (tertiary/aromatic N) is 1. The van der Waals surface area contributed by atoms with Gasteiger partial charge in [-0.05, 0) is 43.7 Å². The summed E-state index contributed by atoms with van der Waals surface area (Å²) in [4.78, 5) is 0. The highest BCUT2D eigenvalue weighted by molar-refractivity contribution is 6.35. The van der Waals surface area contributed by atoms with Crippen molar-refractivity contribution in [3.8, 4) is 0 Å². The van der Waals surface area contributed by atoms with Crippen LogP contribution in [0.15, 0.2) is 18.2 Å². The zero-order valence-corrected chi connectivity index (χ0v) is 15.0. The summed E-state index contributed by atoms with van der Waals surface area (Å²) in [6.07, 6.45) is 4.89. The van der Waals surface area contributed by atoms with E-state index < -0.39 is 6.10 Å². The molecule has 4 nitrogen and oxygen atoms in total. The average Bonchev–Trinajstić information content (AvgIpc) is 2.91. The lowest BCUT2D eigenvalue weighted by molar-refractivity contribution is 0.139. The molecule has 5 heteroatoms. The van der Waals surface area contributed by atoms with E-state index >= 15 is 0 Å². The molecule has 2 atom stereocenters. The molecule has 1 aliphatic rings. The highest BCUT2D eigenvalue weighted by Gasteiger charge is 2.22. The number of hydrogen-bond acceptors (Lipinski definition) is 3. The van der Waals surface area contributed by atoms with Gasteiger partial charge in [-0.15, -0.1) is 0 Å². The van der Waals surface area contributed by atoms with Gasteiger partial charge < -0.3 is 20.1 Å². The molecule has 1 aromatic heterocycles. The van der Waals surface area contributed by atoms with Crippen LogP contribution in [0, 0.1) is 0 Å². The number of aromatic nitrogens is 1. The second-order valence-electron chi connectivity index (χ2n) is 6.73. The SMILES string of the molecule is CC[C@@H](CO)NC[C@H](O)Cn1c2c(c3cccc(Cl)c31)CCCC2. The van der Waals surface area contributed by atoms with Gasteiger partial charge in [-0.25, -0.2) is 0 Å². The van der Waals surface area contributed by atoms with Gasteiger partial charge in [0, 0.05) is 23.7 Å². The molecule has 1 heterocycles. The van der Waals surface area contributed by atoms with Crippen LogP contribution in [0.3, 0.4) is 0 Å². The average molecular weight is 351 g/mol. The second-order valence-corrected chi connectivity index (χ2v) is 7.14. The van der Waals surface area contributed by atoms with E-state index in [4.69, 9.17) is 11.6 Å². The molecular formula is C19H27ClN2O2. The Bertz CT molecular complexity index is 694. The minimum atomic E-state index is -0.511. The number of aryl methyl sites for hydroxylation is 1. The normalized spacial score (nSPS) is 17.0. The Balaban J connectivity index is 1.86. The van der Waals surface area contributed by atoms with Crippen molar-refractivity contribution < 1.29 is 10.2 Å². The van der Waals surface area contributed by atoms with E-state index in [9.17, 15) is 10.2 Å². The first kappa shape index (κ1) is 17.7. The molecule has 3 rings (SSSR count). The molecule has 0 saturated carbocycles. The van der Waals surface area contributed by atoms with E-state index in [1.165, 1.54) is 29.5 Å². The number of rotatable bonds is 7. The fourth-order valence-electron chi connectivity index (χ4n) is 3.76. The lowest BCUT2D eigenvalue weighted by atomic mass is 9.95. The van der Waals surface area contributed by atoms with Crippen LogP contribution >= 0.6 is 11.6 Å². The number of aliphatic hydroxyl groups is 2. The maximum Gasteiger partial charge on any atom is 0.0843 e. The summed E-state index contributed by atoms with van der Waals surface area (Å²) >= 11 is 6.49. The number of para-hydroxylation sites is 1. The smallest absolute Gasteiger partial charge is 0.0843 e. The van der Waals surface area contributed by atoms with E-state index in [0.717, 1.165) is 29.8 Å². The minimum absolute atomic E-state index is 0.0403. The molecule has 3 N–H and O–H groups in total. The summed E-state index contributed by atoms with van der Waals surface area (Å²) in [5, 5.41) is 25.0. The van der Waals surface area contributed by atoms with Gasteiger partial charge in [-0.3, -0.25) is 0 Å². The summed E-state index contributed by atoms with van der Waals surface area (Å²) < 4.78 is 2.22. The molecule has 0 aliphatic heterocycles. The fraction of sp³-hybridized carbons (Fsp3) is 0.579. The van der Waals surface area contributed by atoms with Crippen molar-refractivity contribution in [2.45, 2.75) is 57.7 Å². The Hall–Kier alpha value is -1.07. The first-order valence-electron chi connectivity index (χ1n) is 8.96. The van der Waals surface area contributed by atoms with Gasteiger partial charge in [0.15, 0.2) is 0 Å². The number of halogens is 1. The summed E-state index contributed by atoms with van der Waals surface area (Å²) in [5.74, 6) is 0. The van der Waals surface area contributed by atoms with Gasteiger partial charge in [0.1, 0.15) is 0 Å². The minimum Gasteiger partial charge on any atom is -0.395 e. The fourth-order valence-corrected chi connectivity index (χ4v) is 4.04. The van der Waals surface area contributed by atoms with Gasteiger partial charge in [-0.2, -0.15) is 0 Å². The van der Waals surface area contributed by atoms with Gasteiger partial charge in [0.2, 0.25) is 0 Å². The lowest BCUT2D eigenvalue weighted by Gasteiger charge is -2.21. The maximum atomic E-state index is 10.5. The van der Waals surface area contributed by atoms with Crippen molar-refractivity contribution in [1.29, 1.82) is 0 Å². The molecule has 0 radical (unpaired) electrons. The third-order valence-corrected chi connectivity index (χ3v) is 5.40. The Morgan fingerprint density at radius 1 is 1.29 bits per heavy atom. The zero-order chi connectivity index (χ0) is 17.1. The molecule has 0 fully saturated rings. The number of aliphatic hydroxyl groups excluding tert-OH is 2. The molecule has 1 aliphatic carbocycles. The molecule has 0 unspecified atom stereocenters. The van der Waals surface area contributed by atoms with Crippen LogP contribution in [-0.2, 0) is 19.4 Å². The highest BCUT2D eigenvalue weighted by Crippen LogP contribution is 2.35. The van der Waals surface area contributed by atoms with Crippen LogP contribution in [0.2, 0.25) is 5.02 Å². The molecule has 24 heavy (non-hydrogen) atoms. The molecule has 0 saturated heterocycles. The van der Waals surface area contributed by atoms with Crippen LogP contribution in [0.1, 0.15) is 37.4 Å². The van der Waals surface area contributed by atoms with Crippen molar-refractivity contribution in [2.24, 2.45) is 0 Å². The standard InChI is InChI=1S/C19H27ClN2O2/c1-2-13(12-23)21-10-14(24)11-22-18-9-4-3-6-15(18)16-7-5-8-17(20)19(16)22/h5,7-8,13-14,21,23-24H,2-4,6,9-12H2,1H3/t13-,14-/m0/s1. The second kappa shape index (κ2) is 7.87. The quantitative estimate of drug-likeness (QED) is 0.719. The van der Waals surface area contributed by atoms with Gasteiger partial charge in [-0.1, -0.05) is 30.7 Å². The van der Waals surface area contributed by atoms with Crippen LogP contribution < -0.4 is 5.32 Å². The largest absolute Gasteiger partial charge is 0.395 e. The van der Waals surface area contributed by atoms with Gasteiger partial charge >= 0.3 is 0 Å². The van der Waals surface area contributed by atoms with Crippen molar-refractivity contribution in [3.05, 3.63) is 34.5 Å². The molecular weight excluding hydrogens is 324 g/mol. The highest BCUT2D eigenvalue weighted by atomic mass is 35.5. The van der Waals surface area contributed by atoms with Crippen LogP contribution in [-0.4, -0.2) is 40.1 Å². The molecule has 0 bridgehead atoms. The van der Waals surface area contributed by atoms with Crippen LogP contribution in [0.5, 0.6) is 0 Å². The van der Waals surface area contributed by atoms with E-state index in [0.29, 0.717) is 13.1 Å². The number of hydrogen-bond donors (Lipinski definition) is 3. The Morgan fingerprint density at radius 2 is 2.08 bits per heavy atom. The first-order valence-corrected chi connectivity index (χ1v) is 9.34. The van der Waals surface area contributed by atoms with Crippen molar-refractivity contribution >= 4 is 22.5 Å². The third kappa shape index (κ3) is 3.47. The summed E-state index contributed by atoms with van der Waals surface area (Å²) in [6, 6.07) is 6.12. The number of benzene rings is 1. The summed E-state index contributed by atoms with van der Waals surface area (Å²) in [6.45, 7) is 3.12. The molecule has 132 valence electrons. The summed E-state index contributed by atoms with van der Waals surface area (Å²) in [5.41, 5.74) is 3.79. The molecule has 1 aromatic carbocycles. The van der Waals surface area contributed by atoms with E-state index in [1.807, 2.05) is 19.1 Å². The zero-order valence-electron chi connectivity index (χ0n) is 14.3. The predicted molar refractivity (Wildman–Crippen MR) is 98.8 cm³/mol. The number of fused-ring (bicyclic) bond motifs is 3. The van der Waals surface area contributed by atoms with Crippen LogP contribution in [0.4, 0.5) is 0 Å².